The van der Waals surface area contributed by atoms with E-state index < -0.39 is 16.9 Å². The lowest BCUT2D eigenvalue weighted by Crippen LogP contribution is -2.57. The molecule has 2 N–H and O–H groups in total. The van der Waals surface area contributed by atoms with E-state index in [4.69, 9.17) is 16.6 Å². The van der Waals surface area contributed by atoms with Gasteiger partial charge in [0, 0.05) is 20.4 Å². The molecule has 0 radical (unpaired) electrons. The summed E-state index contributed by atoms with van der Waals surface area (Å²) >= 11 is 9.73. The number of aliphatic carboxylic acids is 1. The van der Waals surface area contributed by atoms with E-state index in [1.807, 2.05) is 73.7 Å². The zero-order valence-corrected chi connectivity index (χ0v) is 23.6. The summed E-state index contributed by atoms with van der Waals surface area (Å²) in [5, 5.41) is 14.9. The number of carboxylic acids is 1. The van der Waals surface area contributed by atoms with Crippen LogP contribution in [0.1, 0.15) is 47.2 Å². The SMILES string of the molecule is Cc1c(-c2ccccc2)nc2ccc(Br)cc2c1C(=O)NC12CCC(C(=O)O)(C=C1c1ccc(Cl)cc1)CC2. The second-order valence-electron chi connectivity index (χ2n) is 10.6. The van der Waals surface area contributed by atoms with Gasteiger partial charge in [-0.2, -0.15) is 0 Å². The third-order valence-electron chi connectivity index (χ3n) is 8.33. The molecule has 1 heterocycles. The van der Waals surface area contributed by atoms with Crippen molar-refractivity contribution in [3.63, 3.8) is 0 Å². The number of rotatable bonds is 5. The first-order valence-corrected chi connectivity index (χ1v) is 14.1. The minimum atomic E-state index is -0.925. The van der Waals surface area contributed by atoms with E-state index in [9.17, 15) is 14.7 Å². The molecule has 1 fully saturated rings. The van der Waals surface area contributed by atoms with Crippen molar-refractivity contribution >= 4 is 55.9 Å². The normalized spacial score (nSPS) is 22.0. The third kappa shape index (κ3) is 4.36. The molecule has 1 aromatic heterocycles. The summed E-state index contributed by atoms with van der Waals surface area (Å²) in [6, 6.07) is 23.0. The Kier molecular flexibility index (Phi) is 6.35. The molecule has 2 bridgehead atoms. The fourth-order valence-electron chi connectivity index (χ4n) is 6.19. The molecule has 39 heavy (non-hydrogen) atoms. The Bertz CT molecular complexity index is 1660. The van der Waals surface area contributed by atoms with Gasteiger partial charge >= 0.3 is 5.97 Å². The first-order valence-electron chi connectivity index (χ1n) is 12.9. The molecule has 0 spiro atoms. The number of amides is 1. The lowest BCUT2D eigenvalue weighted by molar-refractivity contribution is -0.148. The standard InChI is InChI=1S/C32H26BrClN2O3/c1-19-27(24-17-22(33)9-12-26(24)35-28(19)21-5-3-2-4-6-21)29(37)36-32-15-13-31(14-16-32,30(38)39)18-25(32)20-7-10-23(34)11-8-20/h2-12,17-18H,13-16H2,1H3,(H,36,37)(H,38,39). The van der Waals surface area contributed by atoms with E-state index in [2.05, 4.69) is 21.2 Å². The molecule has 3 aliphatic rings. The van der Waals surface area contributed by atoms with E-state index in [1.54, 1.807) is 12.1 Å². The molecule has 0 unspecified atom stereocenters. The Balaban J connectivity index is 1.49. The van der Waals surface area contributed by atoms with Crippen LogP contribution in [0.5, 0.6) is 0 Å². The number of carbonyl (C=O) groups excluding carboxylic acids is 1. The maximum atomic E-state index is 14.3. The van der Waals surface area contributed by atoms with Crippen molar-refractivity contribution in [1.29, 1.82) is 0 Å². The highest BCUT2D eigenvalue weighted by Gasteiger charge is 2.54. The highest BCUT2D eigenvalue weighted by molar-refractivity contribution is 9.10. The molecule has 1 amide bonds. The minimum Gasteiger partial charge on any atom is -0.481 e. The second kappa shape index (κ2) is 9.61. The fourth-order valence-corrected chi connectivity index (χ4v) is 6.68. The molecular formula is C32H26BrClN2O3. The van der Waals surface area contributed by atoms with Crippen LogP contribution in [0.4, 0.5) is 0 Å². The maximum absolute atomic E-state index is 14.3. The van der Waals surface area contributed by atoms with E-state index >= 15 is 0 Å². The van der Waals surface area contributed by atoms with Crippen molar-refractivity contribution in [2.45, 2.75) is 38.1 Å². The summed E-state index contributed by atoms with van der Waals surface area (Å²) in [5.41, 5.74) is 3.90. The topological polar surface area (TPSA) is 79.3 Å². The second-order valence-corrected chi connectivity index (χ2v) is 11.9. The van der Waals surface area contributed by atoms with Crippen LogP contribution in [0.3, 0.4) is 0 Å². The molecule has 0 aliphatic heterocycles. The number of pyridine rings is 1. The smallest absolute Gasteiger partial charge is 0.313 e. The summed E-state index contributed by atoms with van der Waals surface area (Å²) in [4.78, 5) is 31.6. The van der Waals surface area contributed by atoms with Gasteiger partial charge in [0.2, 0.25) is 0 Å². The van der Waals surface area contributed by atoms with Gasteiger partial charge in [0.1, 0.15) is 0 Å². The molecule has 1 saturated carbocycles. The van der Waals surface area contributed by atoms with Gasteiger partial charge in [0.15, 0.2) is 0 Å². The molecule has 3 aromatic carbocycles. The minimum absolute atomic E-state index is 0.195. The van der Waals surface area contributed by atoms with Crippen LogP contribution < -0.4 is 5.32 Å². The molecule has 196 valence electrons. The van der Waals surface area contributed by atoms with Crippen LogP contribution in [0.15, 0.2) is 83.3 Å². The zero-order valence-electron chi connectivity index (χ0n) is 21.3. The molecule has 3 aliphatic carbocycles. The summed E-state index contributed by atoms with van der Waals surface area (Å²) in [6.07, 6.45) is 3.89. The monoisotopic (exact) mass is 600 g/mol. The molecule has 7 heteroatoms. The number of nitrogens with zero attached hydrogens (tertiary/aromatic N) is 1. The van der Waals surface area contributed by atoms with Crippen molar-refractivity contribution in [2.24, 2.45) is 5.41 Å². The third-order valence-corrected chi connectivity index (χ3v) is 9.08. The van der Waals surface area contributed by atoms with E-state index in [0.29, 0.717) is 36.3 Å². The number of hydrogen-bond acceptors (Lipinski definition) is 3. The average Bonchev–Trinajstić information content (AvgIpc) is 2.94. The number of hydrogen-bond donors (Lipinski definition) is 2. The van der Waals surface area contributed by atoms with Crippen molar-refractivity contribution in [1.82, 2.24) is 10.3 Å². The quantitative estimate of drug-likeness (QED) is 0.244. The predicted octanol–water partition coefficient (Wildman–Crippen LogP) is 7.84. The first-order chi connectivity index (χ1) is 18.7. The number of carboxylic acid groups (broad SMARTS) is 1. The maximum Gasteiger partial charge on any atom is 0.313 e. The average molecular weight is 602 g/mol. The highest BCUT2D eigenvalue weighted by atomic mass is 79.9. The fraction of sp³-hybridized carbons (Fsp3) is 0.219. The number of fused-ring (bicyclic) bond motifs is 3. The number of benzene rings is 3. The summed E-state index contributed by atoms with van der Waals surface area (Å²) < 4.78 is 0.860. The van der Waals surface area contributed by atoms with Gasteiger partial charge in [-0.25, -0.2) is 4.98 Å². The van der Waals surface area contributed by atoms with E-state index in [-0.39, 0.29) is 5.91 Å². The van der Waals surface area contributed by atoms with Gasteiger partial charge < -0.3 is 10.4 Å². The molecule has 0 atom stereocenters. The van der Waals surface area contributed by atoms with E-state index in [1.165, 1.54) is 0 Å². The Morgan fingerprint density at radius 1 is 0.949 bits per heavy atom. The Morgan fingerprint density at radius 2 is 1.64 bits per heavy atom. The Labute approximate surface area is 240 Å². The predicted molar refractivity (Wildman–Crippen MR) is 158 cm³/mol. The van der Waals surface area contributed by atoms with Crippen LogP contribution in [0.25, 0.3) is 27.7 Å². The molecule has 0 saturated heterocycles. The number of aromatic nitrogens is 1. The molecule has 5 nitrogen and oxygen atoms in total. The molecule has 4 aromatic rings. The molecular weight excluding hydrogens is 576 g/mol. The van der Waals surface area contributed by atoms with E-state index in [0.717, 1.165) is 43.3 Å². The summed E-state index contributed by atoms with van der Waals surface area (Å²) in [5.74, 6) is -1.01. The van der Waals surface area contributed by atoms with Crippen LogP contribution in [0, 0.1) is 12.3 Å². The Hall–Kier alpha value is -3.48. The van der Waals surface area contributed by atoms with Gasteiger partial charge in [-0.3, -0.25) is 9.59 Å². The lowest BCUT2D eigenvalue weighted by Gasteiger charge is -2.51. The highest BCUT2D eigenvalue weighted by Crippen LogP contribution is 2.54. The summed E-state index contributed by atoms with van der Waals surface area (Å²) in [7, 11) is 0. The van der Waals surface area contributed by atoms with Gasteiger partial charge in [0.05, 0.1) is 27.7 Å². The first kappa shape index (κ1) is 25.8. The molecule has 7 rings (SSSR count). The number of halogens is 2. The van der Waals surface area contributed by atoms with Gasteiger partial charge in [-0.05, 0) is 79.6 Å². The van der Waals surface area contributed by atoms with Crippen LogP contribution >= 0.6 is 27.5 Å². The van der Waals surface area contributed by atoms with Crippen LogP contribution in [-0.2, 0) is 4.79 Å². The Morgan fingerprint density at radius 3 is 2.31 bits per heavy atom. The van der Waals surface area contributed by atoms with Crippen LogP contribution in [0.2, 0.25) is 5.02 Å². The van der Waals surface area contributed by atoms with Crippen molar-refractivity contribution in [2.75, 3.05) is 0 Å². The zero-order chi connectivity index (χ0) is 27.4. The number of carbonyl (C=O) groups is 2. The van der Waals surface area contributed by atoms with Crippen molar-refractivity contribution in [3.8, 4) is 11.3 Å². The van der Waals surface area contributed by atoms with Crippen molar-refractivity contribution in [3.05, 3.63) is 105 Å². The van der Waals surface area contributed by atoms with Crippen molar-refractivity contribution < 1.29 is 14.7 Å². The van der Waals surface area contributed by atoms with Gasteiger partial charge in [0.25, 0.3) is 5.91 Å². The van der Waals surface area contributed by atoms with Crippen LogP contribution in [-0.4, -0.2) is 27.5 Å². The summed E-state index contributed by atoms with van der Waals surface area (Å²) in [6.45, 7) is 1.94. The number of nitrogens with one attached hydrogen (secondary N) is 1. The largest absolute Gasteiger partial charge is 0.481 e. The lowest BCUT2D eigenvalue weighted by atomic mass is 9.57. The van der Waals surface area contributed by atoms with Gasteiger partial charge in [-0.1, -0.05) is 76.1 Å². The van der Waals surface area contributed by atoms with Gasteiger partial charge in [-0.15, -0.1) is 0 Å².